The zero-order chi connectivity index (χ0) is 21.4. The van der Waals surface area contributed by atoms with Crippen molar-refractivity contribution in [1.82, 2.24) is 9.97 Å². The van der Waals surface area contributed by atoms with Crippen LogP contribution in [0.3, 0.4) is 0 Å². The first kappa shape index (κ1) is 20.0. The molecule has 0 amide bonds. The second-order valence-electron chi connectivity index (χ2n) is 8.23. The van der Waals surface area contributed by atoms with Gasteiger partial charge >= 0.3 is 0 Å². The fraction of sp³-hybridized carbons (Fsp3) is 0.231. The Morgan fingerprint density at radius 2 is 1.74 bits per heavy atom. The van der Waals surface area contributed by atoms with Crippen LogP contribution in [0.15, 0.2) is 77.3 Å². The summed E-state index contributed by atoms with van der Waals surface area (Å²) in [4.78, 5) is 14.8. The Bertz CT molecular complexity index is 1240. The lowest BCUT2D eigenvalue weighted by Gasteiger charge is -2.42. The SMILES string of the molecule is Cc1cccc(N2CCN(c3nc(-c4cccc(Br)c4)nc4ccccc34)C[C@H]2C)c1. The Morgan fingerprint density at radius 3 is 2.55 bits per heavy atom. The first-order chi connectivity index (χ1) is 15.1. The summed E-state index contributed by atoms with van der Waals surface area (Å²) in [5.74, 6) is 1.79. The quantitative estimate of drug-likeness (QED) is 0.361. The standard InChI is InChI=1S/C26H25BrN4/c1-18-7-5-10-22(15-18)31-14-13-30(17-19(31)2)26-23-11-3-4-12-24(23)28-25(29-26)20-8-6-9-21(27)16-20/h3-12,15-16,19H,13-14,17H2,1-2H3/t19-/m1/s1. The monoisotopic (exact) mass is 472 g/mol. The first-order valence-electron chi connectivity index (χ1n) is 10.7. The third-order valence-corrected chi connectivity index (χ3v) is 6.42. The van der Waals surface area contributed by atoms with Gasteiger partial charge in [0.1, 0.15) is 5.82 Å². The molecule has 156 valence electrons. The Kier molecular flexibility index (Phi) is 5.36. The van der Waals surface area contributed by atoms with Crippen molar-refractivity contribution in [2.24, 2.45) is 0 Å². The number of hydrogen-bond donors (Lipinski definition) is 0. The molecule has 1 saturated heterocycles. The maximum Gasteiger partial charge on any atom is 0.162 e. The van der Waals surface area contributed by atoms with Crippen molar-refractivity contribution >= 4 is 38.3 Å². The minimum Gasteiger partial charge on any atom is -0.365 e. The average Bonchev–Trinajstić information content (AvgIpc) is 2.78. The molecule has 0 radical (unpaired) electrons. The van der Waals surface area contributed by atoms with Gasteiger partial charge in [0.15, 0.2) is 5.82 Å². The van der Waals surface area contributed by atoms with Gasteiger partial charge in [0.2, 0.25) is 0 Å². The normalized spacial score (nSPS) is 16.7. The van der Waals surface area contributed by atoms with Crippen LogP contribution in [0, 0.1) is 6.92 Å². The third kappa shape index (κ3) is 4.02. The summed E-state index contributed by atoms with van der Waals surface area (Å²) in [6.07, 6.45) is 0. The summed E-state index contributed by atoms with van der Waals surface area (Å²) in [6, 6.07) is 25.7. The van der Waals surface area contributed by atoms with Crippen LogP contribution in [-0.4, -0.2) is 35.6 Å². The first-order valence-corrected chi connectivity index (χ1v) is 11.5. The lowest BCUT2D eigenvalue weighted by atomic mass is 10.1. The molecule has 4 aromatic rings. The van der Waals surface area contributed by atoms with Gasteiger partial charge in [-0.1, -0.05) is 52.3 Å². The Morgan fingerprint density at radius 1 is 0.903 bits per heavy atom. The number of piperazine rings is 1. The van der Waals surface area contributed by atoms with Crippen LogP contribution in [-0.2, 0) is 0 Å². The van der Waals surface area contributed by atoms with Gasteiger partial charge in [-0.25, -0.2) is 9.97 Å². The number of halogens is 1. The number of aromatic nitrogens is 2. The van der Waals surface area contributed by atoms with E-state index in [0.717, 1.165) is 52.2 Å². The maximum atomic E-state index is 5.06. The largest absolute Gasteiger partial charge is 0.365 e. The van der Waals surface area contributed by atoms with E-state index in [9.17, 15) is 0 Å². The van der Waals surface area contributed by atoms with Crippen molar-refractivity contribution in [2.45, 2.75) is 19.9 Å². The summed E-state index contributed by atoms with van der Waals surface area (Å²) < 4.78 is 1.03. The Labute approximate surface area is 191 Å². The van der Waals surface area contributed by atoms with Gasteiger partial charge in [0, 0.05) is 46.8 Å². The molecular weight excluding hydrogens is 448 g/mol. The van der Waals surface area contributed by atoms with E-state index in [2.05, 4.69) is 94.2 Å². The second kappa shape index (κ2) is 8.31. The number of anilines is 2. The summed E-state index contributed by atoms with van der Waals surface area (Å²) >= 11 is 3.57. The molecule has 5 rings (SSSR count). The van der Waals surface area contributed by atoms with E-state index in [1.165, 1.54) is 11.3 Å². The van der Waals surface area contributed by atoms with Gasteiger partial charge in [-0.05, 0) is 55.8 Å². The highest BCUT2D eigenvalue weighted by Crippen LogP contribution is 2.31. The van der Waals surface area contributed by atoms with Crippen molar-refractivity contribution in [3.8, 4) is 11.4 Å². The predicted molar refractivity (Wildman–Crippen MR) is 133 cm³/mol. The summed E-state index contributed by atoms with van der Waals surface area (Å²) in [5.41, 5.74) is 4.60. The number of fused-ring (bicyclic) bond motifs is 1. The fourth-order valence-corrected chi connectivity index (χ4v) is 4.80. The highest BCUT2D eigenvalue weighted by molar-refractivity contribution is 9.10. The van der Waals surface area contributed by atoms with Crippen LogP contribution in [0.2, 0.25) is 0 Å². The van der Waals surface area contributed by atoms with Crippen LogP contribution in [0.5, 0.6) is 0 Å². The Hall–Kier alpha value is -2.92. The number of nitrogens with zero attached hydrogens (tertiary/aromatic N) is 4. The number of hydrogen-bond acceptors (Lipinski definition) is 4. The van der Waals surface area contributed by atoms with E-state index in [1.807, 2.05) is 18.2 Å². The molecule has 1 atom stereocenters. The van der Waals surface area contributed by atoms with Gasteiger partial charge in [0.05, 0.1) is 5.52 Å². The molecule has 0 saturated carbocycles. The lowest BCUT2D eigenvalue weighted by Crippen LogP contribution is -2.52. The van der Waals surface area contributed by atoms with Gasteiger partial charge < -0.3 is 9.80 Å². The molecule has 0 N–H and O–H groups in total. The molecule has 4 nitrogen and oxygen atoms in total. The molecule has 3 aromatic carbocycles. The summed E-state index contributed by atoms with van der Waals surface area (Å²) in [5, 5.41) is 1.11. The highest BCUT2D eigenvalue weighted by Gasteiger charge is 2.26. The average molecular weight is 473 g/mol. The van der Waals surface area contributed by atoms with Crippen molar-refractivity contribution in [3.63, 3.8) is 0 Å². The van der Waals surface area contributed by atoms with Crippen LogP contribution < -0.4 is 9.80 Å². The zero-order valence-corrected chi connectivity index (χ0v) is 19.4. The summed E-state index contributed by atoms with van der Waals surface area (Å²) in [6.45, 7) is 7.27. The van der Waals surface area contributed by atoms with Gasteiger partial charge in [0.25, 0.3) is 0 Å². The molecule has 2 heterocycles. The molecule has 0 unspecified atom stereocenters. The van der Waals surface area contributed by atoms with E-state index >= 15 is 0 Å². The number of rotatable bonds is 3. The van der Waals surface area contributed by atoms with E-state index in [0.29, 0.717) is 6.04 Å². The Balaban J connectivity index is 1.51. The second-order valence-corrected chi connectivity index (χ2v) is 9.14. The molecule has 1 aromatic heterocycles. The van der Waals surface area contributed by atoms with Crippen LogP contribution in [0.1, 0.15) is 12.5 Å². The minimum absolute atomic E-state index is 0.388. The molecule has 0 spiro atoms. The predicted octanol–water partition coefficient (Wildman–Crippen LogP) is 6.08. The minimum atomic E-state index is 0.388. The number of aryl methyl sites for hydroxylation is 1. The van der Waals surface area contributed by atoms with Gasteiger partial charge in [-0.15, -0.1) is 0 Å². The van der Waals surface area contributed by atoms with E-state index in [-0.39, 0.29) is 0 Å². The van der Waals surface area contributed by atoms with Crippen LogP contribution in [0.25, 0.3) is 22.3 Å². The molecule has 1 fully saturated rings. The maximum absolute atomic E-state index is 5.06. The zero-order valence-electron chi connectivity index (χ0n) is 17.8. The smallest absolute Gasteiger partial charge is 0.162 e. The van der Waals surface area contributed by atoms with Crippen molar-refractivity contribution in [2.75, 3.05) is 29.4 Å². The molecule has 5 heteroatoms. The molecule has 1 aliphatic heterocycles. The van der Waals surface area contributed by atoms with Crippen LogP contribution >= 0.6 is 15.9 Å². The van der Waals surface area contributed by atoms with E-state index < -0.39 is 0 Å². The molecule has 1 aliphatic rings. The molecule has 0 aliphatic carbocycles. The van der Waals surface area contributed by atoms with E-state index in [4.69, 9.17) is 9.97 Å². The number of para-hydroxylation sites is 1. The molecule has 31 heavy (non-hydrogen) atoms. The van der Waals surface area contributed by atoms with Crippen molar-refractivity contribution < 1.29 is 0 Å². The van der Waals surface area contributed by atoms with Crippen LogP contribution in [0.4, 0.5) is 11.5 Å². The molecular formula is C26H25BrN4. The van der Waals surface area contributed by atoms with Gasteiger partial charge in [-0.3, -0.25) is 0 Å². The van der Waals surface area contributed by atoms with Crippen molar-refractivity contribution in [3.05, 3.63) is 82.8 Å². The lowest BCUT2D eigenvalue weighted by molar-refractivity contribution is 0.548. The molecule has 0 bridgehead atoms. The topological polar surface area (TPSA) is 32.3 Å². The fourth-order valence-electron chi connectivity index (χ4n) is 4.40. The third-order valence-electron chi connectivity index (χ3n) is 5.93. The van der Waals surface area contributed by atoms with E-state index in [1.54, 1.807) is 0 Å². The number of benzene rings is 3. The van der Waals surface area contributed by atoms with Crippen molar-refractivity contribution in [1.29, 1.82) is 0 Å². The van der Waals surface area contributed by atoms with Gasteiger partial charge in [-0.2, -0.15) is 0 Å². The summed E-state index contributed by atoms with van der Waals surface area (Å²) in [7, 11) is 0. The highest BCUT2D eigenvalue weighted by atomic mass is 79.9.